The number of aryl methyl sites for hydroxylation is 2. The topological polar surface area (TPSA) is 76.6 Å². The van der Waals surface area contributed by atoms with Gasteiger partial charge in [-0.3, -0.25) is 4.40 Å². The molecule has 2 heterocycles. The van der Waals surface area contributed by atoms with E-state index in [-0.39, 0.29) is 12.2 Å². The molecule has 2 aromatic heterocycles. The van der Waals surface area contributed by atoms with Crippen LogP contribution < -0.4 is 0 Å². The normalized spacial score (nSPS) is 11.6. The fourth-order valence-corrected chi connectivity index (χ4v) is 2.70. The number of imidazole rings is 1. The predicted octanol–water partition coefficient (Wildman–Crippen LogP) is 2.11. The molecular formula is C14H15N3O3S. The Morgan fingerprint density at radius 3 is 2.95 bits per heavy atom. The van der Waals surface area contributed by atoms with Gasteiger partial charge in [-0.1, -0.05) is 0 Å². The summed E-state index contributed by atoms with van der Waals surface area (Å²) in [5.74, 6) is -0.657. The van der Waals surface area contributed by atoms with Crippen molar-refractivity contribution in [2.45, 2.75) is 13.8 Å². The number of carbonyl (C=O) groups excluding carboxylic acids is 1. The molecule has 0 atom stereocenters. The molecule has 2 rings (SSSR count). The summed E-state index contributed by atoms with van der Waals surface area (Å²) in [4.78, 5) is 18.2. The number of hydrogen-bond acceptors (Lipinski definition) is 6. The number of esters is 1. The number of fused-ring (bicyclic) bond motifs is 1. The lowest BCUT2D eigenvalue weighted by Crippen LogP contribution is -2.11. The molecule has 0 aliphatic heterocycles. The van der Waals surface area contributed by atoms with E-state index in [1.54, 1.807) is 11.3 Å². The number of nitrogens with zero attached hydrogens (tertiary/aromatic N) is 3. The standard InChI is InChI=1S/C14H15N3O3S/c1-9-8-17-12(10(2)16-14(17)21-9)6-11(7-15)13(18)20-5-4-19-3/h6,8H,4-5H2,1-3H3/b11-6+. The lowest BCUT2D eigenvalue weighted by molar-refractivity contribution is -0.139. The van der Waals surface area contributed by atoms with E-state index in [0.717, 1.165) is 21.2 Å². The Morgan fingerprint density at radius 2 is 2.29 bits per heavy atom. The van der Waals surface area contributed by atoms with Crippen LogP contribution in [0.1, 0.15) is 16.3 Å². The van der Waals surface area contributed by atoms with Gasteiger partial charge < -0.3 is 9.47 Å². The highest BCUT2D eigenvalue weighted by Gasteiger charge is 2.15. The number of thiazole rings is 1. The van der Waals surface area contributed by atoms with Crippen LogP contribution >= 0.6 is 11.3 Å². The molecule has 2 aromatic rings. The van der Waals surface area contributed by atoms with Crippen LogP contribution in [0.25, 0.3) is 11.0 Å². The van der Waals surface area contributed by atoms with Crippen LogP contribution in [0.3, 0.4) is 0 Å². The Bertz CT molecular complexity index is 737. The Kier molecular flexibility index (Phi) is 4.73. The third-order valence-corrected chi connectivity index (χ3v) is 3.70. The third-order valence-electron chi connectivity index (χ3n) is 2.80. The SMILES string of the molecule is COCCOC(=O)/C(C#N)=C/c1c(C)nc2sc(C)cn12. The van der Waals surface area contributed by atoms with E-state index in [4.69, 9.17) is 14.7 Å². The van der Waals surface area contributed by atoms with Gasteiger partial charge in [-0.15, -0.1) is 11.3 Å². The van der Waals surface area contributed by atoms with Gasteiger partial charge >= 0.3 is 5.97 Å². The molecular weight excluding hydrogens is 290 g/mol. The minimum absolute atomic E-state index is 0.0557. The van der Waals surface area contributed by atoms with Gasteiger partial charge in [0.2, 0.25) is 0 Å². The van der Waals surface area contributed by atoms with Crippen LogP contribution in [0.15, 0.2) is 11.8 Å². The van der Waals surface area contributed by atoms with Gasteiger partial charge in [0, 0.05) is 18.2 Å². The van der Waals surface area contributed by atoms with Gasteiger partial charge in [-0.25, -0.2) is 9.78 Å². The monoisotopic (exact) mass is 305 g/mol. The maximum absolute atomic E-state index is 11.8. The number of carbonyl (C=O) groups is 1. The highest BCUT2D eigenvalue weighted by atomic mass is 32.1. The van der Waals surface area contributed by atoms with Crippen LogP contribution in [-0.4, -0.2) is 35.7 Å². The van der Waals surface area contributed by atoms with Crippen molar-refractivity contribution in [2.24, 2.45) is 0 Å². The van der Waals surface area contributed by atoms with Gasteiger partial charge in [0.15, 0.2) is 4.96 Å². The highest BCUT2D eigenvalue weighted by molar-refractivity contribution is 7.17. The minimum atomic E-state index is -0.657. The second kappa shape index (κ2) is 6.52. The summed E-state index contributed by atoms with van der Waals surface area (Å²) in [6.07, 6.45) is 3.44. The average molecular weight is 305 g/mol. The molecule has 21 heavy (non-hydrogen) atoms. The van der Waals surface area contributed by atoms with Crippen LogP contribution in [0.5, 0.6) is 0 Å². The van der Waals surface area contributed by atoms with Gasteiger partial charge in [-0.05, 0) is 19.9 Å². The van der Waals surface area contributed by atoms with Crippen LogP contribution in [0, 0.1) is 25.2 Å². The molecule has 0 aliphatic rings. The smallest absolute Gasteiger partial charge is 0.349 e. The zero-order chi connectivity index (χ0) is 15.4. The van der Waals surface area contributed by atoms with Crippen molar-refractivity contribution < 1.29 is 14.3 Å². The van der Waals surface area contributed by atoms with Gasteiger partial charge in [0.25, 0.3) is 0 Å². The zero-order valence-corrected chi connectivity index (χ0v) is 12.9. The van der Waals surface area contributed by atoms with Crippen molar-refractivity contribution in [1.82, 2.24) is 9.38 Å². The molecule has 0 fully saturated rings. The quantitative estimate of drug-likeness (QED) is 0.366. The molecule has 0 saturated carbocycles. The summed E-state index contributed by atoms with van der Waals surface area (Å²) < 4.78 is 11.6. The molecule has 0 aliphatic carbocycles. The van der Waals surface area contributed by atoms with Gasteiger partial charge in [-0.2, -0.15) is 5.26 Å². The van der Waals surface area contributed by atoms with Crippen molar-refractivity contribution in [3.63, 3.8) is 0 Å². The second-order valence-corrected chi connectivity index (χ2v) is 5.59. The molecule has 0 amide bonds. The summed E-state index contributed by atoms with van der Waals surface area (Å²) in [7, 11) is 1.51. The van der Waals surface area contributed by atoms with Crippen molar-refractivity contribution in [3.05, 3.63) is 28.0 Å². The molecule has 0 unspecified atom stereocenters. The molecule has 0 aromatic carbocycles. The van der Waals surface area contributed by atoms with Crippen molar-refractivity contribution in [1.29, 1.82) is 5.26 Å². The van der Waals surface area contributed by atoms with Gasteiger partial charge in [0.05, 0.1) is 18.0 Å². The van der Waals surface area contributed by atoms with Gasteiger partial charge in [0.1, 0.15) is 18.2 Å². The summed E-state index contributed by atoms with van der Waals surface area (Å²) in [5, 5.41) is 9.14. The van der Waals surface area contributed by atoms with Crippen LogP contribution in [0.4, 0.5) is 0 Å². The first-order valence-corrected chi connectivity index (χ1v) is 7.11. The molecule has 0 N–H and O–H groups in total. The van der Waals surface area contributed by atoms with Crippen LogP contribution in [0.2, 0.25) is 0 Å². The Balaban J connectivity index is 2.31. The molecule has 0 spiro atoms. The van der Waals surface area contributed by atoms with E-state index >= 15 is 0 Å². The maximum Gasteiger partial charge on any atom is 0.349 e. The first-order chi connectivity index (χ1) is 10.1. The Labute approximate surface area is 126 Å². The highest BCUT2D eigenvalue weighted by Crippen LogP contribution is 2.22. The largest absolute Gasteiger partial charge is 0.459 e. The fraction of sp³-hybridized carbons (Fsp3) is 0.357. The molecule has 110 valence electrons. The average Bonchev–Trinajstić information content (AvgIpc) is 2.92. The molecule has 6 nitrogen and oxygen atoms in total. The van der Waals surface area contributed by atoms with E-state index in [1.807, 2.05) is 30.5 Å². The molecule has 0 saturated heterocycles. The number of nitriles is 1. The third kappa shape index (κ3) is 3.29. The number of rotatable bonds is 5. The first-order valence-electron chi connectivity index (χ1n) is 6.29. The maximum atomic E-state index is 11.8. The Hall–Kier alpha value is -2.17. The second-order valence-electron chi connectivity index (χ2n) is 4.38. The zero-order valence-electron chi connectivity index (χ0n) is 12.0. The number of hydrogen-bond donors (Lipinski definition) is 0. The summed E-state index contributed by atoms with van der Waals surface area (Å²) in [6.45, 7) is 4.23. The molecule has 7 heteroatoms. The van der Waals surface area contributed by atoms with E-state index < -0.39 is 5.97 Å². The number of aromatic nitrogens is 2. The Morgan fingerprint density at radius 1 is 1.52 bits per heavy atom. The predicted molar refractivity (Wildman–Crippen MR) is 79.0 cm³/mol. The lowest BCUT2D eigenvalue weighted by Gasteiger charge is -2.02. The van der Waals surface area contributed by atoms with Crippen molar-refractivity contribution in [2.75, 3.05) is 20.3 Å². The van der Waals surface area contributed by atoms with E-state index in [1.165, 1.54) is 13.2 Å². The van der Waals surface area contributed by atoms with E-state index in [2.05, 4.69) is 4.98 Å². The lowest BCUT2D eigenvalue weighted by atomic mass is 10.2. The number of methoxy groups -OCH3 is 1. The van der Waals surface area contributed by atoms with E-state index in [0.29, 0.717) is 6.61 Å². The summed E-state index contributed by atoms with van der Waals surface area (Å²) >= 11 is 1.55. The number of ether oxygens (including phenoxy) is 2. The van der Waals surface area contributed by atoms with Crippen molar-refractivity contribution >= 4 is 28.3 Å². The molecule has 0 radical (unpaired) electrons. The fourth-order valence-electron chi connectivity index (χ4n) is 1.82. The summed E-state index contributed by atoms with van der Waals surface area (Å²) in [5.41, 5.74) is 1.42. The minimum Gasteiger partial charge on any atom is -0.459 e. The first kappa shape index (κ1) is 15.2. The van der Waals surface area contributed by atoms with E-state index in [9.17, 15) is 4.79 Å². The summed E-state index contributed by atoms with van der Waals surface area (Å²) in [6, 6.07) is 1.87. The van der Waals surface area contributed by atoms with Crippen molar-refractivity contribution in [3.8, 4) is 6.07 Å². The van der Waals surface area contributed by atoms with Crippen LogP contribution in [-0.2, 0) is 14.3 Å². The molecule has 0 bridgehead atoms.